The standard InChI is InChI=1S/C8H7F2IN2O2/c9-7(10)6-5(8(14)15)3(1-12)4(11)2-13-6/h2,7H,1,12H2,(H,14,15). The molecule has 1 aromatic heterocycles. The van der Waals surface area contributed by atoms with E-state index >= 15 is 0 Å². The Morgan fingerprint density at radius 2 is 2.27 bits per heavy atom. The summed E-state index contributed by atoms with van der Waals surface area (Å²) in [4.78, 5) is 14.2. The molecule has 0 unspecified atom stereocenters. The zero-order valence-electron chi connectivity index (χ0n) is 7.38. The highest BCUT2D eigenvalue weighted by Gasteiger charge is 2.24. The molecule has 4 nitrogen and oxygen atoms in total. The third kappa shape index (κ3) is 2.40. The molecule has 3 N–H and O–H groups in total. The molecular weight excluding hydrogens is 321 g/mol. The van der Waals surface area contributed by atoms with Gasteiger partial charge in [-0.3, -0.25) is 4.98 Å². The lowest BCUT2D eigenvalue weighted by atomic mass is 10.1. The summed E-state index contributed by atoms with van der Waals surface area (Å²) < 4.78 is 25.4. The van der Waals surface area contributed by atoms with E-state index in [1.165, 1.54) is 6.20 Å². The summed E-state index contributed by atoms with van der Waals surface area (Å²) in [6.45, 7) is -0.109. The van der Waals surface area contributed by atoms with E-state index in [0.717, 1.165) is 0 Å². The van der Waals surface area contributed by atoms with Crippen molar-refractivity contribution >= 4 is 28.6 Å². The molecule has 0 aromatic carbocycles. The van der Waals surface area contributed by atoms with Gasteiger partial charge >= 0.3 is 5.97 Å². The van der Waals surface area contributed by atoms with Crippen molar-refractivity contribution < 1.29 is 18.7 Å². The van der Waals surface area contributed by atoms with Gasteiger partial charge in [-0.25, -0.2) is 13.6 Å². The quantitative estimate of drug-likeness (QED) is 0.830. The first-order chi connectivity index (χ1) is 6.99. The molecule has 0 saturated carbocycles. The van der Waals surface area contributed by atoms with Crippen LogP contribution in [-0.4, -0.2) is 16.1 Å². The molecule has 0 atom stereocenters. The lowest BCUT2D eigenvalue weighted by Crippen LogP contribution is -2.14. The molecule has 1 heterocycles. The van der Waals surface area contributed by atoms with Gasteiger partial charge in [0.25, 0.3) is 6.43 Å². The van der Waals surface area contributed by atoms with Crippen LogP contribution < -0.4 is 5.73 Å². The maximum Gasteiger partial charge on any atom is 0.338 e. The normalized spacial score (nSPS) is 10.7. The van der Waals surface area contributed by atoms with E-state index in [0.29, 0.717) is 3.57 Å². The first kappa shape index (κ1) is 12.2. The van der Waals surface area contributed by atoms with Crippen LogP contribution in [0.5, 0.6) is 0 Å². The monoisotopic (exact) mass is 328 g/mol. The number of nitrogens with two attached hydrogens (primary N) is 1. The van der Waals surface area contributed by atoms with Crippen LogP contribution in [0.1, 0.15) is 28.0 Å². The predicted molar refractivity (Wildman–Crippen MR) is 56.8 cm³/mol. The zero-order valence-corrected chi connectivity index (χ0v) is 9.53. The maximum atomic E-state index is 12.5. The van der Waals surface area contributed by atoms with Crippen molar-refractivity contribution in [2.45, 2.75) is 13.0 Å². The largest absolute Gasteiger partial charge is 0.478 e. The number of carbonyl (C=O) groups is 1. The number of hydrogen-bond donors (Lipinski definition) is 2. The van der Waals surface area contributed by atoms with Crippen molar-refractivity contribution in [1.82, 2.24) is 4.98 Å². The van der Waals surface area contributed by atoms with Crippen LogP contribution in [-0.2, 0) is 6.54 Å². The van der Waals surface area contributed by atoms with Crippen molar-refractivity contribution in [3.8, 4) is 0 Å². The Labute approximate surface area is 97.6 Å². The lowest BCUT2D eigenvalue weighted by Gasteiger charge is -2.10. The molecule has 0 aliphatic rings. The molecule has 82 valence electrons. The Morgan fingerprint density at radius 3 is 2.67 bits per heavy atom. The number of carboxylic acid groups (broad SMARTS) is 1. The fourth-order valence-corrected chi connectivity index (χ4v) is 1.78. The Balaban J connectivity index is 3.49. The van der Waals surface area contributed by atoms with E-state index in [9.17, 15) is 13.6 Å². The summed E-state index contributed by atoms with van der Waals surface area (Å²) in [6, 6.07) is 0. The number of nitrogens with zero attached hydrogens (tertiary/aromatic N) is 1. The number of pyridine rings is 1. The summed E-state index contributed by atoms with van der Waals surface area (Å²) >= 11 is 1.81. The highest BCUT2D eigenvalue weighted by Crippen LogP contribution is 2.26. The van der Waals surface area contributed by atoms with Crippen molar-refractivity contribution in [3.05, 3.63) is 26.6 Å². The summed E-state index contributed by atoms with van der Waals surface area (Å²) in [5.41, 5.74) is 4.29. The zero-order chi connectivity index (χ0) is 11.6. The van der Waals surface area contributed by atoms with Gasteiger partial charge in [0.05, 0.1) is 5.56 Å². The second-order valence-electron chi connectivity index (χ2n) is 2.65. The van der Waals surface area contributed by atoms with Crippen molar-refractivity contribution in [2.24, 2.45) is 5.73 Å². The Bertz CT molecular complexity index is 398. The summed E-state index contributed by atoms with van der Waals surface area (Å²) in [7, 11) is 0. The molecular formula is C8H7F2IN2O2. The van der Waals surface area contributed by atoms with Crippen molar-refractivity contribution in [1.29, 1.82) is 0 Å². The molecule has 0 bridgehead atoms. The van der Waals surface area contributed by atoms with E-state index in [1.54, 1.807) is 0 Å². The number of halogens is 3. The van der Waals surface area contributed by atoms with Crippen LogP contribution >= 0.6 is 22.6 Å². The van der Waals surface area contributed by atoms with Gasteiger partial charge in [-0.1, -0.05) is 0 Å². The molecule has 1 rings (SSSR count). The van der Waals surface area contributed by atoms with Gasteiger partial charge in [0.2, 0.25) is 0 Å². The number of carboxylic acids is 1. The van der Waals surface area contributed by atoms with Crippen LogP contribution in [0.25, 0.3) is 0 Å². The van der Waals surface area contributed by atoms with Crippen molar-refractivity contribution in [2.75, 3.05) is 0 Å². The van der Waals surface area contributed by atoms with Gasteiger partial charge in [0.1, 0.15) is 5.69 Å². The van der Waals surface area contributed by atoms with Crippen LogP contribution in [0.15, 0.2) is 6.20 Å². The second-order valence-corrected chi connectivity index (χ2v) is 3.82. The van der Waals surface area contributed by atoms with Gasteiger partial charge in [0, 0.05) is 16.3 Å². The van der Waals surface area contributed by atoms with E-state index in [4.69, 9.17) is 10.8 Å². The fraction of sp³-hybridized carbons (Fsp3) is 0.250. The maximum absolute atomic E-state index is 12.5. The minimum absolute atomic E-state index is 0.109. The van der Waals surface area contributed by atoms with E-state index in [1.807, 2.05) is 22.6 Å². The Morgan fingerprint density at radius 1 is 1.67 bits per heavy atom. The molecule has 7 heteroatoms. The van der Waals surface area contributed by atoms with Gasteiger partial charge < -0.3 is 10.8 Å². The molecule has 15 heavy (non-hydrogen) atoms. The van der Waals surface area contributed by atoms with E-state index in [-0.39, 0.29) is 12.1 Å². The highest BCUT2D eigenvalue weighted by molar-refractivity contribution is 14.1. The van der Waals surface area contributed by atoms with Gasteiger partial charge in [-0.05, 0) is 28.2 Å². The summed E-state index contributed by atoms with van der Waals surface area (Å²) in [5, 5.41) is 8.82. The Kier molecular flexibility index (Phi) is 3.91. The Hall–Kier alpha value is -0.830. The molecule has 0 radical (unpaired) electrons. The topological polar surface area (TPSA) is 76.2 Å². The predicted octanol–water partition coefficient (Wildman–Crippen LogP) is 1.78. The van der Waals surface area contributed by atoms with Gasteiger partial charge in [-0.15, -0.1) is 0 Å². The summed E-state index contributed by atoms with van der Waals surface area (Å²) in [6.07, 6.45) is -1.73. The SMILES string of the molecule is NCc1c(I)cnc(C(F)F)c1C(=O)O. The highest BCUT2D eigenvalue weighted by atomic mass is 127. The van der Waals surface area contributed by atoms with Gasteiger partial charge in [0.15, 0.2) is 0 Å². The van der Waals surface area contributed by atoms with Crippen LogP contribution in [0.4, 0.5) is 8.78 Å². The molecule has 0 fully saturated rings. The molecule has 0 amide bonds. The summed E-state index contributed by atoms with van der Waals surface area (Å²) in [5.74, 6) is -1.43. The lowest BCUT2D eigenvalue weighted by molar-refractivity contribution is 0.0680. The van der Waals surface area contributed by atoms with E-state index < -0.39 is 23.7 Å². The third-order valence-corrected chi connectivity index (χ3v) is 2.72. The first-order valence-corrected chi connectivity index (χ1v) is 4.95. The first-order valence-electron chi connectivity index (χ1n) is 3.87. The number of hydrogen-bond acceptors (Lipinski definition) is 3. The number of rotatable bonds is 3. The molecule has 0 spiro atoms. The molecule has 1 aromatic rings. The molecule has 0 saturated heterocycles. The average Bonchev–Trinajstić information content (AvgIpc) is 2.16. The van der Waals surface area contributed by atoms with Crippen molar-refractivity contribution in [3.63, 3.8) is 0 Å². The molecule has 0 aliphatic carbocycles. The number of aromatic carboxylic acids is 1. The minimum Gasteiger partial charge on any atom is -0.478 e. The molecule has 0 aliphatic heterocycles. The fourth-order valence-electron chi connectivity index (χ4n) is 1.15. The van der Waals surface area contributed by atoms with Crippen LogP contribution in [0, 0.1) is 3.57 Å². The third-order valence-electron chi connectivity index (χ3n) is 1.79. The van der Waals surface area contributed by atoms with E-state index in [2.05, 4.69) is 4.98 Å². The number of alkyl halides is 2. The average molecular weight is 328 g/mol. The number of aromatic nitrogens is 1. The second kappa shape index (κ2) is 4.79. The minimum atomic E-state index is -2.92. The van der Waals surface area contributed by atoms with Crippen LogP contribution in [0.2, 0.25) is 0 Å². The smallest absolute Gasteiger partial charge is 0.338 e. The van der Waals surface area contributed by atoms with Gasteiger partial charge in [-0.2, -0.15) is 0 Å². The van der Waals surface area contributed by atoms with Crippen LogP contribution in [0.3, 0.4) is 0 Å².